The number of hydrogen-bond donors (Lipinski definition) is 1. The second kappa shape index (κ2) is 8.98. The summed E-state index contributed by atoms with van der Waals surface area (Å²) in [5.41, 5.74) is 1.30. The zero-order valence-electron chi connectivity index (χ0n) is 15.5. The molecule has 1 N–H and O–H groups in total. The lowest BCUT2D eigenvalue weighted by Gasteiger charge is -2.11. The first-order valence-corrected chi connectivity index (χ1v) is 10.4. The van der Waals surface area contributed by atoms with Crippen LogP contribution in [0.1, 0.15) is 15.9 Å². The molecular formula is C21H18ClNO5S. The summed E-state index contributed by atoms with van der Waals surface area (Å²) in [7, 11) is -2.25. The molecule has 150 valence electrons. The highest BCUT2D eigenvalue weighted by Gasteiger charge is 2.16. The fourth-order valence-corrected chi connectivity index (χ4v) is 3.83. The number of para-hydroxylation sites is 1. The van der Waals surface area contributed by atoms with Gasteiger partial charge >= 0.3 is 5.97 Å². The molecule has 8 heteroatoms. The molecule has 0 saturated heterocycles. The SMILES string of the molecule is COc1ccc(Cl)cc1COC(=O)c1ccc(S(=O)(=O)Nc2ccccc2)cc1. The summed E-state index contributed by atoms with van der Waals surface area (Å²) in [6, 6.07) is 19.0. The van der Waals surface area contributed by atoms with Crippen LogP contribution in [0.2, 0.25) is 5.02 Å². The number of benzene rings is 3. The number of halogens is 1. The number of nitrogens with one attached hydrogen (secondary N) is 1. The van der Waals surface area contributed by atoms with Gasteiger partial charge in [0.05, 0.1) is 17.6 Å². The zero-order chi connectivity index (χ0) is 20.9. The molecule has 0 amide bonds. The summed E-state index contributed by atoms with van der Waals surface area (Å²) in [5, 5.41) is 0.498. The van der Waals surface area contributed by atoms with Crippen molar-refractivity contribution in [2.45, 2.75) is 11.5 Å². The van der Waals surface area contributed by atoms with Gasteiger partial charge in [-0.05, 0) is 54.6 Å². The highest BCUT2D eigenvalue weighted by Crippen LogP contribution is 2.24. The molecule has 0 spiro atoms. The first-order chi connectivity index (χ1) is 13.9. The fraction of sp³-hybridized carbons (Fsp3) is 0.0952. The van der Waals surface area contributed by atoms with Crippen LogP contribution >= 0.6 is 11.6 Å². The fourth-order valence-electron chi connectivity index (χ4n) is 2.58. The highest BCUT2D eigenvalue weighted by atomic mass is 35.5. The predicted molar refractivity (Wildman–Crippen MR) is 111 cm³/mol. The lowest BCUT2D eigenvalue weighted by Crippen LogP contribution is -2.13. The smallest absolute Gasteiger partial charge is 0.338 e. The Morgan fingerprint density at radius 1 is 1.00 bits per heavy atom. The van der Waals surface area contributed by atoms with Gasteiger partial charge in [-0.15, -0.1) is 0 Å². The molecule has 0 fully saturated rings. The number of rotatable bonds is 7. The number of carbonyl (C=O) groups excluding carboxylic acids is 1. The number of hydrogen-bond acceptors (Lipinski definition) is 5. The van der Waals surface area contributed by atoms with E-state index in [9.17, 15) is 13.2 Å². The van der Waals surface area contributed by atoms with Crippen LogP contribution in [0.15, 0.2) is 77.7 Å². The van der Waals surface area contributed by atoms with Crippen molar-refractivity contribution in [1.82, 2.24) is 0 Å². The summed E-state index contributed by atoms with van der Waals surface area (Å²) in [6.07, 6.45) is 0. The van der Waals surface area contributed by atoms with Gasteiger partial charge in [0.2, 0.25) is 0 Å². The molecule has 0 aliphatic heterocycles. The molecule has 0 aromatic heterocycles. The van der Waals surface area contributed by atoms with Crippen molar-refractivity contribution in [3.05, 3.63) is 88.9 Å². The molecule has 6 nitrogen and oxygen atoms in total. The van der Waals surface area contributed by atoms with Gasteiger partial charge < -0.3 is 9.47 Å². The third kappa shape index (κ3) is 5.28. The number of methoxy groups -OCH3 is 1. The number of carbonyl (C=O) groups is 1. The molecule has 0 bridgehead atoms. The second-order valence-corrected chi connectivity index (χ2v) is 8.15. The van der Waals surface area contributed by atoms with Gasteiger partial charge in [0.15, 0.2) is 0 Å². The van der Waals surface area contributed by atoms with Gasteiger partial charge in [0.1, 0.15) is 12.4 Å². The van der Waals surface area contributed by atoms with Gasteiger partial charge in [0.25, 0.3) is 10.0 Å². The van der Waals surface area contributed by atoms with Crippen molar-refractivity contribution >= 4 is 33.3 Å². The van der Waals surface area contributed by atoms with Crippen LogP contribution in [0.4, 0.5) is 5.69 Å². The van der Waals surface area contributed by atoms with E-state index in [2.05, 4.69) is 4.72 Å². The number of sulfonamides is 1. The molecule has 0 aliphatic carbocycles. The molecule has 0 saturated carbocycles. The molecule has 3 aromatic carbocycles. The summed E-state index contributed by atoms with van der Waals surface area (Å²) in [5.74, 6) is -0.0392. The Bertz CT molecular complexity index is 1100. The lowest BCUT2D eigenvalue weighted by atomic mass is 10.2. The monoisotopic (exact) mass is 431 g/mol. The van der Waals surface area contributed by atoms with Crippen LogP contribution in [0.5, 0.6) is 5.75 Å². The lowest BCUT2D eigenvalue weighted by molar-refractivity contribution is 0.0470. The molecular weight excluding hydrogens is 414 g/mol. The topological polar surface area (TPSA) is 81.7 Å². The van der Waals surface area contributed by atoms with E-state index in [1.807, 2.05) is 0 Å². The van der Waals surface area contributed by atoms with Crippen molar-refractivity contribution in [2.24, 2.45) is 0 Å². The number of anilines is 1. The first-order valence-electron chi connectivity index (χ1n) is 8.56. The van der Waals surface area contributed by atoms with Gasteiger partial charge in [-0.1, -0.05) is 29.8 Å². The zero-order valence-corrected chi connectivity index (χ0v) is 17.0. The quantitative estimate of drug-likeness (QED) is 0.557. The standard InChI is InChI=1S/C21H18ClNO5S/c1-27-20-12-9-17(22)13-16(20)14-28-21(24)15-7-10-19(11-8-15)29(25,26)23-18-5-3-2-4-6-18/h2-13,23H,14H2,1H3. The van der Waals surface area contributed by atoms with Gasteiger partial charge in [-0.2, -0.15) is 0 Å². The Labute approximate surface area is 174 Å². The van der Waals surface area contributed by atoms with Crippen LogP contribution < -0.4 is 9.46 Å². The van der Waals surface area contributed by atoms with Crippen molar-refractivity contribution in [2.75, 3.05) is 11.8 Å². The maximum Gasteiger partial charge on any atom is 0.338 e. The minimum absolute atomic E-state index is 0.0296. The molecule has 0 aliphatic rings. The number of ether oxygens (including phenoxy) is 2. The summed E-state index contributed by atoms with van der Waals surface area (Å²) in [6.45, 7) is -0.0296. The van der Waals surface area contributed by atoms with Crippen molar-refractivity contribution < 1.29 is 22.7 Å². The van der Waals surface area contributed by atoms with E-state index in [0.29, 0.717) is 22.0 Å². The highest BCUT2D eigenvalue weighted by molar-refractivity contribution is 7.92. The number of esters is 1. The van der Waals surface area contributed by atoms with E-state index in [1.165, 1.54) is 31.4 Å². The minimum atomic E-state index is -3.76. The normalized spacial score (nSPS) is 11.0. The summed E-state index contributed by atoms with van der Waals surface area (Å²) in [4.78, 5) is 12.3. The Balaban J connectivity index is 1.68. The van der Waals surface area contributed by atoms with Crippen LogP contribution in [0.3, 0.4) is 0 Å². The van der Waals surface area contributed by atoms with Crippen LogP contribution in [-0.4, -0.2) is 21.5 Å². The van der Waals surface area contributed by atoms with Gasteiger partial charge in [-0.3, -0.25) is 4.72 Å². The van der Waals surface area contributed by atoms with Crippen LogP contribution in [0, 0.1) is 0 Å². The average molecular weight is 432 g/mol. The minimum Gasteiger partial charge on any atom is -0.496 e. The van der Waals surface area contributed by atoms with Crippen molar-refractivity contribution in [1.29, 1.82) is 0 Å². The predicted octanol–water partition coefficient (Wildman–Crippen LogP) is 4.51. The first kappa shape index (κ1) is 20.7. The van der Waals surface area contributed by atoms with E-state index >= 15 is 0 Å². The molecule has 0 heterocycles. The molecule has 29 heavy (non-hydrogen) atoms. The van der Waals surface area contributed by atoms with Crippen LogP contribution in [0.25, 0.3) is 0 Å². The average Bonchev–Trinajstić information content (AvgIpc) is 2.72. The Morgan fingerprint density at radius 3 is 2.34 bits per heavy atom. The van der Waals surface area contributed by atoms with E-state index < -0.39 is 16.0 Å². The van der Waals surface area contributed by atoms with Gasteiger partial charge in [0, 0.05) is 16.3 Å². The molecule has 3 aromatic rings. The second-order valence-electron chi connectivity index (χ2n) is 6.03. The molecule has 0 radical (unpaired) electrons. The maximum atomic E-state index is 12.4. The van der Waals surface area contributed by atoms with E-state index in [-0.39, 0.29) is 17.1 Å². The van der Waals surface area contributed by atoms with Gasteiger partial charge in [-0.25, -0.2) is 13.2 Å². The maximum absolute atomic E-state index is 12.4. The largest absolute Gasteiger partial charge is 0.496 e. The van der Waals surface area contributed by atoms with Crippen LogP contribution in [-0.2, 0) is 21.4 Å². The van der Waals surface area contributed by atoms with E-state index in [1.54, 1.807) is 48.5 Å². The molecule has 0 atom stereocenters. The third-order valence-electron chi connectivity index (χ3n) is 4.03. The molecule has 3 rings (SSSR count). The molecule has 0 unspecified atom stereocenters. The Kier molecular flexibility index (Phi) is 6.41. The van der Waals surface area contributed by atoms with E-state index in [4.69, 9.17) is 21.1 Å². The third-order valence-corrected chi connectivity index (χ3v) is 5.66. The van der Waals surface area contributed by atoms with E-state index in [0.717, 1.165) is 0 Å². The van der Waals surface area contributed by atoms with Crippen molar-refractivity contribution in [3.63, 3.8) is 0 Å². The Hall–Kier alpha value is -3.03. The summed E-state index contributed by atoms with van der Waals surface area (Å²) >= 11 is 5.97. The van der Waals surface area contributed by atoms with Crippen molar-refractivity contribution in [3.8, 4) is 5.75 Å². The Morgan fingerprint density at radius 2 is 1.69 bits per heavy atom. The summed E-state index contributed by atoms with van der Waals surface area (Å²) < 4.78 is 37.9.